The van der Waals surface area contributed by atoms with Crippen molar-refractivity contribution in [1.82, 2.24) is 0 Å². The van der Waals surface area contributed by atoms with Gasteiger partial charge < -0.3 is 10.6 Å². The molecule has 7 heavy (non-hydrogen) atoms. The Morgan fingerprint density at radius 2 is 1.86 bits per heavy atom. The van der Waals surface area contributed by atoms with Crippen molar-refractivity contribution < 1.29 is 34.9 Å². The van der Waals surface area contributed by atoms with E-state index in [0.29, 0.717) is 0 Å². The molecule has 3 N–H and O–H groups in total. The Kier molecular flexibility index (Phi) is 20.9. The van der Waals surface area contributed by atoms with Crippen molar-refractivity contribution in [3.8, 4) is 0 Å². The van der Waals surface area contributed by atoms with Crippen molar-refractivity contribution >= 4 is 5.97 Å². The third-order valence-electron chi connectivity index (χ3n) is 0.175. The molecule has 4 heteroatoms. The first-order chi connectivity index (χ1) is 2.27. The average molecular weight is 155 g/mol. The Morgan fingerprint density at radius 3 is 1.86 bits per heavy atom. The van der Waals surface area contributed by atoms with Gasteiger partial charge in [-0.05, 0) is 0 Å². The Morgan fingerprint density at radius 1 is 1.71 bits per heavy atom. The molecule has 0 aromatic rings. The fraction of sp³-hybridized carbons (Fsp3) is 0. The molecular weight excluding hydrogens is 149 g/mol. The second-order valence-corrected chi connectivity index (χ2v) is 0.542. The summed E-state index contributed by atoms with van der Waals surface area (Å²) in [6.07, 6.45) is 0.833. The maximum atomic E-state index is 9.25. The molecule has 0 bridgehead atoms. The van der Waals surface area contributed by atoms with E-state index in [4.69, 9.17) is 5.11 Å². The predicted molar refractivity (Wildman–Crippen MR) is 21.4 cm³/mol. The van der Waals surface area contributed by atoms with Gasteiger partial charge in [0.15, 0.2) is 0 Å². The minimum Gasteiger partial charge on any atom is -0.478 e. The molecule has 3 nitrogen and oxygen atoms in total. The molecule has 0 amide bonds. The molecule has 38 valence electrons. The smallest absolute Gasteiger partial charge is 0.327 e. The molecule has 0 heterocycles. The summed E-state index contributed by atoms with van der Waals surface area (Å²) in [5.41, 5.74) is 0. The SMILES string of the molecule is C=CC(=O)O.O.[Zn]. The van der Waals surface area contributed by atoms with Crippen LogP contribution < -0.4 is 0 Å². The van der Waals surface area contributed by atoms with E-state index in [9.17, 15) is 4.79 Å². The number of carbonyl (C=O) groups is 1. The minimum atomic E-state index is -0.981. The summed E-state index contributed by atoms with van der Waals surface area (Å²) in [7, 11) is 0. The van der Waals surface area contributed by atoms with Crippen LogP contribution in [-0.4, -0.2) is 16.6 Å². The summed E-state index contributed by atoms with van der Waals surface area (Å²) in [4.78, 5) is 9.25. The van der Waals surface area contributed by atoms with Crippen molar-refractivity contribution in [2.75, 3.05) is 0 Å². The maximum Gasteiger partial charge on any atom is 0.327 e. The zero-order valence-corrected chi connectivity index (χ0v) is 6.81. The molecule has 0 aliphatic heterocycles. The van der Waals surface area contributed by atoms with E-state index in [1.807, 2.05) is 0 Å². The summed E-state index contributed by atoms with van der Waals surface area (Å²) >= 11 is 0. The first-order valence-electron chi connectivity index (χ1n) is 1.12. The Labute approximate surface area is 54.1 Å². The molecule has 0 aromatic heterocycles. The topological polar surface area (TPSA) is 68.8 Å². The second kappa shape index (κ2) is 9.25. The first kappa shape index (κ1) is 15.8. The Hall–Kier alpha value is -0.207. The number of hydrogen-bond donors (Lipinski definition) is 1. The Balaban J connectivity index is -0.0000000800. The summed E-state index contributed by atoms with van der Waals surface area (Å²) in [5.74, 6) is -0.981. The van der Waals surface area contributed by atoms with E-state index >= 15 is 0 Å². The van der Waals surface area contributed by atoms with Gasteiger partial charge in [0, 0.05) is 25.6 Å². The molecule has 0 rings (SSSR count). The molecule has 0 atom stereocenters. The molecule has 0 spiro atoms. The van der Waals surface area contributed by atoms with E-state index in [1.54, 1.807) is 0 Å². The average Bonchev–Trinajstić information content (AvgIpc) is 1.38. The normalized spacial score (nSPS) is 4.57. The van der Waals surface area contributed by atoms with Gasteiger partial charge in [0.2, 0.25) is 0 Å². The summed E-state index contributed by atoms with van der Waals surface area (Å²) in [6, 6.07) is 0. The molecule has 0 aromatic carbocycles. The minimum absolute atomic E-state index is 0. The van der Waals surface area contributed by atoms with Gasteiger partial charge in [-0.1, -0.05) is 6.58 Å². The fourth-order valence-corrected chi connectivity index (χ4v) is 0. The van der Waals surface area contributed by atoms with Crippen LogP contribution in [0.4, 0.5) is 0 Å². The van der Waals surface area contributed by atoms with Crippen LogP contribution in [0.3, 0.4) is 0 Å². The number of aliphatic carboxylic acids is 1. The van der Waals surface area contributed by atoms with Crippen LogP contribution in [0, 0.1) is 0 Å². The van der Waals surface area contributed by atoms with Crippen molar-refractivity contribution in [2.45, 2.75) is 0 Å². The van der Waals surface area contributed by atoms with Gasteiger partial charge in [0.1, 0.15) is 0 Å². The van der Waals surface area contributed by atoms with Crippen LogP contribution >= 0.6 is 0 Å². The molecule has 0 aliphatic rings. The molecular formula is C3H6O3Zn. The van der Waals surface area contributed by atoms with Crippen LogP contribution in [0.5, 0.6) is 0 Å². The summed E-state index contributed by atoms with van der Waals surface area (Å²) in [6.45, 7) is 2.96. The fourth-order valence-electron chi connectivity index (χ4n) is 0. The summed E-state index contributed by atoms with van der Waals surface area (Å²) < 4.78 is 0. The van der Waals surface area contributed by atoms with E-state index in [0.717, 1.165) is 6.08 Å². The van der Waals surface area contributed by atoms with Crippen molar-refractivity contribution in [2.24, 2.45) is 0 Å². The molecule has 0 saturated carbocycles. The number of carboxylic acid groups (broad SMARTS) is 1. The van der Waals surface area contributed by atoms with E-state index in [1.165, 1.54) is 0 Å². The molecule has 0 fully saturated rings. The van der Waals surface area contributed by atoms with Crippen LogP contribution in [0.15, 0.2) is 12.7 Å². The number of hydrogen-bond acceptors (Lipinski definition) is 1. The summed E-state index contributed by atoms with van der Waals surface area (Å²) in [5, 5.41) is 7.60. The van der Waals surface area contributed by atoms with Crippen LogP contribution in [0.25, 0.3) is 0 Å². The van der Waals surface area contributed by atoms with Gasteiger partial charge in [-0.25, -0.2) is 4.79 Å². The number of carboxylic acids is 1. The van der Waals surface area contributed by atoms with Crippen molar-refractivity contribution in [1.29, 1.82) is 0 Å². The standard InChI is InChI=1S/C3H4O2.H2O.Zn/c1-2-3(4)5;;/h2H,1H2,(H,4,5);1H2;. The van der Waals surface area contributed by atoms with E-state index in [2.05, 4.69) is 6.58 Å². The van der Waals surface area contributed by atoms with Gasteiger partial charge in [0.05, 0.1) is 0 Å². The van der Waals surface area contributed by atoms with E-state index < -0.39 is 5.97 Å². The third kappa shape index (κ3) is 25.9. The predicted octanol–water partition coefficient (Wildman–Crippen LogP) is -0.570. The van der Waals surface area contributed by atoms with Crippen LogP contribution in [0.2, 0.25) is 0 Å². The van der Waals surface area contributed by atoms with E-state index in [-0.39, 0.29) is 25.0 Å². The van der Waals surface area contributed by atoms with Gasteiger partial charge in [-0.2, -0.15) is 0 Å². The van der Waals surface area contributed by atoms with Crippen LogP contribution in [0.1, 0.15) is 0 Å². The molecule has 0 radical (unpaired) electrons. The van der Waals surface area contributed by atoms with Crippen molar-refractivity contribution in [3.63, 3.8) is 0 Å². The zero-order valence-electron chi connectivity index (χ0n) is 3.85. The first-order valence-corrected chi connectivity index (χ1v) is 1.12. The van der Waals surface area contributed by atoms with Gasteiger partial charge in [-0.15, -0.1) is 0 Å². The Bertz CT molecular complexity index is 61.2. The number of rotatable bonds is 1. The van der Waals surface area contributed by atoms with Crippen molar-refractivity contribution in [3.05, 3.63) is 12.7 Å². The van der Waals surface area contributed by atoms with Gasteiger partial charge >= 0.3 is 5.97 Å². The van der Waals surface area contributed by atoms with Gasteiger partial charge in [-0.3, -0.25) is 0 Å². The quantitative estimate of drug-likeness (QED) is 0.407. The maximum absolute atomic E-state index is 9.25. The molecule has 0 aliphatic carbocycles. The largest absolute Gasteiger partial charge is 0.478 e. The zero-order chi connectivity index (χ0) is 4.28. The monoisotopic (exact) mass is 154 g/mol. The third-order valence-corrected chi connectivity index (χ3v) is 0.175. The van der Waals surface area contributed by atoms with Crippen LogP contribution in [-0.2, 0) is 24.3 Å². The molecule has 0 unspecified atom stereocenters. The molecule has 0 saturated heterocycles. The second-order valence-electron chi connectivity index (χ2n) is 0.542. The van der Waals surface area contributed by atoms with Gasteiger partial charge in [0.25, 0.3) is 0 Å².